The van der Waals surface area contributed by atoms with Gasteiger partial charge in [0.25, 0.3) is 0 Å². The maximum absolute atomic E-state index is 11.3. The summed E-state index contributed by atoms with van der Waals surface area (Å²) in [6.07, 6.45) is 0. The number of fused-ring (bicyclic) bond motifs is 1. The molecule has 5 nitrogen and oxygen atoms in total. The molecule has 0 fully saturated rings. The minimum Gasteiger partial charge on any atom is -0.422 e. The van der Waals surface area contributed by atoms with E-state index in [9.17, 15) is 13.2 Å². The molecule has 0 saturated carbocycles. The molecule has 1 aromatic heterocycles. The average molecular weight is 225 g/mol. The zero-order valence-electron chi connectivity index (χ0n) is 7.51. The van der Waals surface area contributed by atoms with Crippen molar-refractivity contribution in [3.8, 4) is 0 Å². The van der Waals surface area contributed by atoms with Gasteiger partial charge >= 0.3 is 5.63 Å². The third kappa shape index (κ3) is 1.77. The zero-order chi connectivity index (χ0) is 11.1. The minimum atomic E-state index is -4.03. The first kappa shape index (κ1) is 9.88. The summed E-state index contributed by atoms with van der Waals surface area (Å²) in [6, 6.07) is 7.80. The molecule has 0 aliphatic rings. The number of hydrogen-bond donors (Lipinski definition) is 1. The molecule has 0 atom stereocenters. The van der Waals surface area contributed by atoms with Gasteiger partial charge in [-0.15, -0.1) is 0 Å². The Kier molecular flexibility index (Phi) is 2.09. The predicted molar refractivity (Wildman–Crippen MR) is 53.9 cm³/mol. The predicted octanol–water partition coefficient (Wildman–Crippen LogP) is 0.440. The Labute approximate surface area is 85.2 Å². The van der Waals surface area contributed by atoms with Crippen LogP contribution in [-0.2, 0) is 10.0 Å². The highest BCUT2D eigenvalue weighted by Gasteiger charge is 2.15. The van der Waals surface area contributed by atoms with Gasteiger partial charge in [-0.2, -0.15) is 0 Å². The SMILES string of the molecule is NS(=O)(=O)c1cc2ccccc2oc1=O. The van der Waals surface area contributed by atoms with Crippen LogP contribution in [0, 0.1) is 0 Å². The number of primary sulfonamides is 1. The Morgan fingerprint density at radius 3 is 2.53 bits per heavy atom. The lowest BCUT2D eigenvalue weighted by Crippen LogP contribution is -2.20. The summed E-state index contributed by atoms with van der Waals surface area (Å²) in [7, 11) is -4.03. The van der Waals surface area contributed by atoms with Gasteiger partial charge in [-0.05, 0) is 12.1 Å². The molecule has 0 radical (unpaired) electrons. The van der Waals surface area contributed by atoms with E-state index in [4.69, 9.17) is 9.56 Å². The summed E-state index contributed by atoms with van der Waals surface area (Å²) in [6.45, 7) is 0. The number of hydrogen-bond acceptors (Lipinski definition) is 4. The van der Waals surface area contributed by atoms with Crippen molar-refractivity contribution in [3.63, 3.8) is 0 Å². The number of rotatable bonds is 1. The number of benzene rings is 1. The second kappa shape index (κ2) is 3.18. The van der Waals surface area contributed by atoms with Gasteiger partial charge < -0.3 is 4.42 Å². The lowest BCUT2D eigenvalue weighted by atomic mass is 10.2. The maximum atomic E-state index is 11.3. The van der Waals surface area contributed by atoms with Crippen LogP contribution >= 0.6 is 0 Å². The van der Waals surface area contributed by atoms with Gasteiger partial charge in [-0.1, -0.05) is 18.2 Å². The summed E-state index contributed by atoms with van der Waals surface area (Å²) in [4.78, 5) is 10.7. The highest BCUT2D eigenvalue weighted by Crippen LogP contribution is 2.14. The Morgan fingerprint density at radius 2 is 1.87 bits per heavy atom. The van der Waals surface area contributed by atoms with Gasteiger partial charge in [0, 0.05) is 5.39 Å². The van der Waals surface area contributed by atoms with Crippen LogP contribution in [0.3, 0.4) is 0 Å². The van der Waals surface area contributed by atoms with E-state index in [1.807, 2.05) is 0 Å². The minimum absolute atomic E-state index is 0.329. The van der Waals surface area contributed by atoms with Crippen molar-refractivity contribution in [1.82, 2.24) is 0 Å². The van der Waals surface area contributed by atoms with Gasteiger partial charge in [0.05, 0.1) is 0 Å². The van der Waals surface area contributed by atoms with E-state index in [1.54, 1.807) is 24.3 Å². The van der Waals surface area contributed by atoms with E-state index in [0.717, 1.165) is 0 Å². The highest BCUT2D eigenvalue weighted by molar-refractivity contribution is 7.89. The van der Waals surface area contributed by atoms with Crippen LogP contribution < -0.4 is 10.8 Å². The van der Waals surface area contributed by atoms with Crippen LogP contribution in [0.25, 0.3) is 11.0 Å². The van der Waals surface area contributed by atoms with Crippen LogP contribution in [-0.4, -0.2) is 8.42 Å². The highest BCUT2D eigenvalue weighted by atomic mass is 32.2. The quantitative estimate of drug-likeness (QED) is 0.713. The molecule has 2 aromatic rings. The topological polar surface area (TPSA) is 90.4 Å². The Hall–Kier alpha value is -1.66. The molecule has 0 aliphatic carbocycles. The van der Waals surface area contributed by atoms with Gasteiger partial charge in [0.1, 0.15) is 5.58 Å². The van der Waals surface area contributed by atoms with E-state index in [2.05, 4.69) is 0 Å². The third-order valence-corrected chi connectivity index (χ3v) is 2.81. The van der Waals surface area contributed by atoms with Crippen molar-refractivity contribution < 1.29 is 12.8 Å². The third-order valence-electron chi connectivity index (χ3n) is 1.92. The summed E-state index contributed by atoms with van der Waals surface area (Å²) in [5.41, 5.74) is -0.619. The monoisotopic (exact) mass is 225 g/mol. The molecule has 2 rings (SSSR count). The van der Waals surface area contributed by atoms with E-state index in [-0.39, 0.29) is 0 Å². The van der Waals surface area contributed by atoms with Crippen molar-refractivity contribution in [2.75, 3.05) is 0 Å². The fourth-order valence-corrected chi connectivity index (χ4v) is 1.81. The molecule has 2 N–H and O–H groups in total. The second-order valence-corrected chi connectivity index (χ2v) is 4.51. The van der Waals surface area contributed by atoms with E-state index in [1.165, 1.54) is 6.07 Å². The number of para-hydroxylation sites is 1. The number of sulfonamides is 1. The molecule has 6 heteroatoms. The molecular formula is C9H7NO4S. The molecule has 0 saturated heterocycles. The fraction of sp³-hybridized carbons (Fsp3) is 0. The normalized spacial score (nSPS) is 11.8. The summed E-state index contributed by atoms with van der Waals surface area (Å²) in [5.74, 6) is 0. The average Bonchev–Trinajstić information content (AvgIpc) is 2.15. The molecule has 0 spiro atoms. The van der Waals surface area contributed by atoms with E-state index in [0.29, 0.717) is 11.0 Å². The molecule has 78 valence electrons. The van der Waals surface area contributed by atoms with Crippen molar-refractivity contribution in [3.05, 3.63) is 40.8 Å². The first-order chi connectivity index (χ1) is 6.98. The van der Waals surface area contributed by atoms with Crippen LogP contribution in [0.15, 0.2) is 44.4 Å². The zero-order valence-corrected chi connectivity index (χ0v) is 8.32. The first-order valence-electron chi connectivity index (χ1n) is 4.04. The van der Waals surface area contributed by atoms with Crippen molar-refractivity contribution in [2.24, 2.45) is 5.14 Å². The molecule has 1 aromatic carbocycles. The smallest absolute Gasteiger partial charge is 0.356 e. The summed E-state index contributed by atoms with van der Waals surface area (Å²) in [5, 5.41) is 5.38. The van der Waals surface area contributed by atoms with Crippen molar-refractivity contribution in [1.29, 1.82) is 0 Å². The molecule has 0 bridgehead atoms. The molecule has 0 unspecified atom stereocenters. The fourth-order valence-electron chi connectivity index (χ4n) is 1.24. The molecular weight excluding hydrogens is 218 g/mol. The molecule has 0 amide bonds. The van der Waals surface area contributed by atoms with Crippen LogP contribution in [0.2, 0.25) is 0 Å². The lowest BCUT2D eigenvalue weighted by molar-refractivity contribution is 0.533. The Bertz CT molecular complexity index is 672. The van der Waals surface area contributed by atoms with Gasteiger partial charge in [-0.3, -0.25) is 0 Å². The van der Waals surface area contributed by atoms with E-state index >= 15 is 0 Å². The molecule has 0 aliphatic heterocycles. The Morgan fingerprint density at radius 1 is 1.20 bits per heavy atom. The van der Waals surface area contributed by atoms with Gasteiger partial charge in [0.15, 0.2) is 4.90 Å². The largest absolute Gasteiger partial charge is 0.422 e. The summed E-state index contributed by atoms with van der Waals surface area (Å²) < 4.78 is 26.8. The standard InChI is InChI=1S/C9H7NO4S/c10-15(12,13)8-5-6-3-1-2-4-7(6)14-9(8)11/h1-5H,(H2,10,12,13). The Balaban J connectivity index is 2.91. The number of nitrogens with two attached hydrogens (primary N) is 1. The second-order valence-electron chi connectivity index (χ2n) is 2.98. The van der Waals surface area contributed by atoms with Gasteiger partial charge in [0.2, 0.25) is 10.0 Å². The van der Waals surface area contributed by atoms with Crippen molar-refractivity contribution >= 4 is 21.0 Å². The van der Waals surface area contributed by atoms with Crippen LogP contribution in [0.4, 0.5) is 0 Å². The maximum Gasteiger partial charge on any atom is 0.356 e. The van der Waals surface area contributed by atoms with Crippen LogP contribution in [0.5, 0.6) is 0 Å². The van der Waals surface area contributed by atoms with E-state index < -0.39 is 20.5 Å². The molecule has 15 heavy (non-hydrogen) atoms. The molecule has 1 heterocycles. The summed E-state index contributed by atoms with van der Waals surface area (Å²) >= 11 is 0. The lowest BCUT2D eigenvalue weighted by Gasteiger charge is -1.98. The van der Waals surface area contributed by atoms with Crippen molar-refractivity contribution in [2.45, 2.75) is 4.90 Å². The first-order valence-corrected chi connectivity index (χ1v) is 5.59. The van der Waals surface area contributed by atoms with Crippen LogP contribution in [0.1, 0.15) is 0 Å². The van der Waals surface area contributed by atoms with Gasteiger partial charge in [-0.25, -0.2) is 18.4 Å².